The standard InChI is InChI=1S/C13H10N6O3/c14-12(17-20)10-7-16-18-11(4-5-15-13(10)18)8-2-1-3-9(6-8)19(21)22/h1-7,20H,(H2,14,17). The Hall–Kier alpha value is -3.49. The average molecular weight is 298 g/mol. The molecule has 0 atom stereocenters. The van der Waals surface area contributed by atoms with E-state index in [0.717, 1.165) is 0 Å². The number of non-ortho nitro benzene ring substituents is 1. The van der Waals surface area contributed by atoms with Crippen LogP contribution in [0.1, 0.15) is 5.56 Å². The number of nitro benzene ring substituents is 1. The highest BCUT2D eigenvalue weighted by Crippen LogP contribution is 2.24. The molecule has 2 aromatic heterocycles. The number of aromatic nitrogens is 3. The van der Waals surface area contributed by atoms with Crippen molar-refractivity contribution in [1.29, 1.82) is 0 Å². The summed E-state index contributed by atoms with van der Waals surface area (Å²) in [6.45, 7) is 0. The van der Waals surface area contributed by atoms with E-state index in [1.165, 1.54) is 29.0 Å². The predicted octanol–water partition coefficient (Wildman–Crippen LogP) is 1.40. The fourth-order valence-corrected chi connectivity index (χ4v) is 2.12. The molecule has 1 aromatic carbocycles. The van der Waals surface area contributed by atoms with Crippen LogP contribution in [0.15, 0.2) is 47.9 Å². The van der Waals surface area contributed by atoms with Gasteiger partial charge in [-0.1, -0.05) is 17.3 Å². The third-order valence-corrected chi connectivity index (χ3v) is 3.14. The highest BCUT2D eigenvalue weighted by molar-refractivity contribution is 6.02. The number of amidine groups is 1. The molecule has 110 valence electrons. The van der Waals surface area contributed by atoms with Gasteiger partial charge in [-0.3, -0.25) is 10.1 Å². The van der Waals surface area contributed by atoms with Crippen molar-refractivity contribution in [3.63, 3.8) is 0 Å². The van der Waals surface area contributed by atoms with Crippen LogP contribution in [0.25, 0.3) is 16.9 Å². The molecule has 22 heavy (non-hydrogen) atoms. The monoisotopic (exact) mass is 298 g/mol. The second-order valence-electron chi connectivity index (χ2n) is 4.42. The van der Waals surface area contributed by atoms with Gasteiger partial charge >= 0.3 is 0 Å². The molecule has 9 nitrogen and oxygen atoms in total. The van der Waals surface area contributed by atoms with Crippen molar-refractivity contribution in [3.05, 3.63) is 58.4 Å². The van der Waals surface area contributed by atoms with Gasteiger partial charge in [0.1, 0.15) is 0 Å². The molecule has 3 aromatic rings. The summed E-state index contributed by atoms with van der Waals surface area (Å²) < 4.78 is 1.48. The number of hydrogen-bond donors (Lipinski definition) is 2. The van der Waals surface area contributed by atoms with Crippen LogP contribution in [0.5, 0.6) is 0 Å². The highest BCUT2D eigenvalue weighted by atomic mass is 16.6. The molecule has 0 fully saturated rings. The molecule has 0 aliphatic heterocycles. The molecular weight excluding hydrogens is 288 g/mol. The van der Waals surface area contributed by atoms with Gasteiger partial charge in [0, 0.05) is 23.9 Å². The Morgan fingerprint density at radius 1 is 1.41 bits per heavy atom. The number of hydrogen-bond acceptors (Lipinski definition) is 6. The van der Waals surface area contributed by atoms with E-state index in [1.54, 1.807) is 18.2 Å². The van der Waals surface area contributed by atoms with E-state index in [2.05, 4.69) is 15.2 Å². The van der Waals surface area contributed by atoms with Gasteiger partial charge < -0.3 is 10.9 Å². The van der Waals surface area contributed by atoms with E-state index >= 15 is 0 Å². The van der Waals surface area contributed by atoms with E-state index in [9.17, 15) is 10.1 Å². The van der Waals surface area contributed by atoms with Gasteiger partial charge in [-0.2, -0.15) is 5.10 Å². The highest BCUT2D eigenvalue weighted by Gasteiger charge is 2.14. The van der Waals surface area contributed by atoms with Crippen molar-refractivity contribution in [1.82, 2.24) is 14.6 Å². The normalized spacial score (nSPS) is 11.7. The van der Waals surface area contributed by atoms with E-state index in [4.69, 9.17) is 10.9 Å². The van der Waals surface area contributed by atoms with E-state index in [-0.39, 0.29) is 11.5 Å². The Kier molecular flexibility index (Phi) is 3.14. The Balaban J connectivity index is 2.22. The molecule has 3 rings (SSSR count). The first-order chi connectivity index (χ1) is 10.6. The van der Waals surface area contributed by atoms with Crippen molar-refractivity contribution in [2.45, 2.75) is 0 Å². The van der Waals surface area contributed by atoms with Crippen LogP contribution in [-0.2, 0) is 0 Å². The largest absolute Gasteiger partial charge is 0.409 e. The van der Waals surface area contributed by atoms with Crippen LogP contribution in [0, 0.1) is 10.1 Å². The number of benzene rings is 1. The SMILES string of the molecule is N/C(=N\O)c1cnn2c(-c3cccc([N+](=O)[O-])c3)ccnc12. The van der Waals surface area contributed by atoms with Gasteiger partial charge in [0.15, 0.2) is 11.5 Å². The average Bonchev–Trinajstić information content (AvgIpc) is 2.98. The van der Waals surface area contributed by atoms with Gasteiger partial charge in [0.25, 0.3) is 5.69 Å². The molecule has 0 spiro atoms. The molecule has 0 bridgehead atoms. The number of nitro groups is 1. The summed E-state index contributed by atoms with van der Waals surface area (Å²) in [5.41, 5.74) is 7.52. The third kappa shape index (κ3) is 2.10. The van der Waals surface area contributed by atoms with E-state index in [0.29, 0.717) is 22.5 Å². The van der Waals surface area contributed by atoms with Crippen LogP contribution in [0.3, 0.4) is 0 Å². The number of fused-ring (bicyclic) bond motifs is 1. The molecule has 0 saturated heterocycles. The van der Waals surface area contributed by atoms with Crippen LogP contribution >= 0.6 is 0 Å². The first kappa shape index (κ1) is 13.5. The lowest BCUT2D eigenvalue weighted by Gasteiger charge is -2.05. The lowest BCUT2D eigenvalue weighted by Crippen LogP contribution is -2.13. The number of nitrogens with two attached hydrogens (primary N) is 1. The topological polar surface area (TPSA) is 132 Å². The van der Waals surface area contributed by atoms with Crippen molar-refractivity contribution in [3.8, 4) is 11.3 Å². The fourth-order valence-electron chi connectivity index (χ4n) is 2.12. The number of oxime groups is 1. The van der Waals surface area contributed by atoms with Crippen molar-refractivity contribution in [2.24, 2.45) is 10.9 Å². The molecule has 0 aliphatic carbocycles. The summed E-state index contributed by atoms with van der Waals surface area (Å²) in [5.74, 6) is -0.112. The van der Waals surface area contributed by atoms with E-state index < -0.39 is 4.92 Å². The Morgan fingerprint density at radius 2 is 2.23 bits per heavy atom. The zero-order valence-corrected chi connectivity index (χ0v) is 11.1. The number of rotatable bonds is 3. The Bertz CT molecular complexity index is 902. The minimum atomic E-state index is -0.465. The van der Waals surface area contributed by atoms with Crippen molar-refractivity contribution >= 4 is 17.2 Å². The van der Waals surface area contributed by atoms with E-state index in [1.807, 2.05) is 0 Å². The van der Waals surface area contributed by atoms with Crippen LogP contribution in [0.2, 0.25) is 0 Å². The molecule has 0 unspecified atom stereocenters. The molecule has 0 saturated carbocycles. The Morgan fingerprint density at radius 3 is 2.95 bits per heavy atom. The van der Waals surface area contributed by atoms with Crippen molar-refractivity contribution < 1.29 is 10.1 Å². The molecule has 3 N–H and O–H groups in total. The van der Waals surface area contributed by atoms with Crippen LogP contribution in [-0.4, -0.2) is 30.6 Å². The predicted molar refractivity (Wildman–Crippen MR) is 77.6 cm³/mol. The first-order valence-corrected chi connectivity index (χ1v) is 6.17. The van der Waals surface area contributed by atoms with Crippen LogP contribution in [0.4, 0.5) is 5.69 Å². The van der Waals surface area contributed by atoms with Crippen molar-refractivity contribution in [2.75, 3.05) is 0 Å². The maximum Gasteiger partial charge on any atom is 0.270 e. The molecule has 0 radical (unpaired) electrons. The van der Waals surface area contributed by atoms with Crippen LogP contribution < -0.4 is 5.73 Å². The van der Waals surface area contributed by atoms with Gasteiger partial charge in [-0.15, -0.1) is 0 Å². The molecule has 0 amide bonds. The second kappa shape index (κ2) is 5.13. The number of nitrogens with zero attached hydrogens (tertiary/aromatic N) is 5. The summed E-state index contributed by atoms with van der Waals surface area (Å²) >= 11 is 0. The lowest BCUT2D eigenvalue weighted by atomic mass is 10.1. The molecular formula is C13H10N6O3. The molecule has 9 heteroatoms. The maximum absolute atomic E-state index is 10.9. The molecule has 2 heterocycles. The van der Waals surface area contributed by atoms with Gasteiger partial charge in [0.05, 0.1) is 22.4 Å². The third-order valence-electron chi connectivity index (χ3n) is 3.14. The van der Waals surface area contributed by atoms with Gasteiger partial charge in [-0.25, -0.2) is 9.50 Å². The summed E-state index contributed by atoms with van der Waals surface area (Å²) in [6.07, 6.45) is 2.94. The summed E-state index contributed by atoms with van der Waals surface area (Å²) in [4.78, 5) is 14.6. The second-order valence-corrected chi connectivity index (χ2v) is 4.42. The van der Waals surface area contributed by atoms with Gasteiger partial charge in [-0.05, 0) is 6.07 Å². The quantitative estimate of drug-likeness (QED) is 0.247. The zero-order chi connectivity index (χ0) is 15.7. The fraction of sp³-hybridized carbons (Fsp3) is 0. The van der Waals surface area contributed by atoms with Gasteiger partial charge in [0.2, 0.25) is 0 Å². The smallest absolute Gasteiger partial charge is 0.270 e. The zero-order valence-electron chi connectivity index (χ0n) is 11.1. The molecule has 0 aliphatic rings. The minimum absolute atomic E-state index is 0.0220. The first-order valence-electron chi connectivity index (χ1n) is 6.17. The maximum atomic E-state index is 10.9. The minimum Gasteiger partial charge on any atom is -0.409 e. The summed E-state index contributed by atoms with van der Waals surface area (Å²) in [7, 11) is 0. The lowest BCUT2D eigenvalue weighted by molar-refractivity contribution is -0.384. The Labute approximate surface area is 123 Å². The summed E-state index contributed by atoms with van der Waals surface area (Å²) in [5, 5.41) is 26.7. The summed E-state index contributed by atoms with van der Waals surface area (Å²) in [6, 6.07) is 7.85.